The van der Waals surface area contributed by atoms with Gasteiger partial charge in [0.25, 0.3) is 0 Å². The first-order valence-electron chi connectivity index (χ1n) is 7.14. The average molecular weight is 284 g/mol. The number of aromatic nitrogens is 1. The van der Waals surface area contributed by atoms with Gasteiger partial charge in [-0.1, -0.05) is 6.07 Å². The second-order valence-corrected chi connectivity index (χ2v) is 5.24. The molecule has 1 unspecified atom stereocenters. The number of nitrogens with zero attached hydrogens (tertiary/aromatic N) is 1. The lowest BCUT2D eigenvalue weighted by molar-refractivity contribution is 0.348. The SMILES string of the molecule is COc1ccc2c(c1OC)CCNC2c1ccncc1C. The zero-order valence-electron chi connectivity index (χ0n) is 12.6. The average Bonchev–Trinajstić information content (AvgIpc) is 2.53. The van der Waals surface area contributed by atoms with E-state index in [1.165, 1.54) is 22.3 Å². The minimum absolute atomic E-state index is 0.177. The zero-order chi connectivity index (χ0) is 14.8. The Hall–Kier alpha value is -2.07. The van der Waals surface area contributed by atoms with E-state index in [2.05, 4.69) is 29.4 Å². The summed E-state index contributed by atoms with van der Waals surface area (Å²) in [5.74, 6) is 1.65. The standard InChI is InChI=1S/C17H20N2O2/c1-11-10-18-8-6-12(11)16-13-4-5-15(20-2)17(21-3)14(13)7-9-19-16/h4-6,8,10,16,19H,7,9H2,1-3H3. The van der Waals surface area contributed by atoms with E-state index in [-0.39, 0.29) is 6.04 Å². The fraction of sp³-hybridized carbons (Fsp3) is 0.353. The van der Waals surface area contributed by atoms with E-state index in [0.29, 0.717) is 0 Å². The van der Waals surface area contributed by atoms with Crippen LogP contribution in [0.25, 0.3) is 0 Å². The fourth-order valence-corrected chi connectivity index (χ4v) is 3.07. The molecular formula is C17H20N2O2. The molecule has 4 nitrogen and oxygen atoms in total. The molecule has 1 aromatic heterocycles. The molecular weight excluding hydrogens is 264 g/mol. The summed E-state index contributed by atoms with van der Waals surface area (Å²) in [6.45, 7) is 3.02. The third kappa shape index (κ3) is 2.36. The molecule has 2 aromatic rings. The van der Waals surface area contributed by atoms with Crippen molar-refractivity contribution in [2.75, 3.05) is 20.8 Å². The normalized spacial score (nSPS) is 17.2. The zero-order valence-corrected chi connectivity index (χ0v) is 12.6. The Morgan fingerprint density at radius 1 is 1.14 bits per heavy atom. The number of methoxy groups -OCH3 is 2. The molecule has 1 aliphatic heterocycles. The van der Waals surface area contributed by atoms with E-state index in [1.54, 1.807) is 14.2 Å². The van der Waals surface area contributed by atoms with E-state index in [4.69, 9.17) is 9.47 Å². The van der Waals surface area contributed by atoms with Crippen molar-refractivity contribution in [2.24, 2.45) is 0 Å². The molecule has 0 saturated heterocycles. The van der Waals surface area contributed by atoms with Gasteiger partial charge in [-0.05, 0) is 42.2 Å². The number of aryl methyl sites for hydroxylation is 1. The van der Waals surface area contributed by atoms with Crippen LogP contribution in [0.4, 0.5) is 0 Å². The van der Waals surface area contributed by atoms with Crippen molar-refractivity contribution in [1.82, 2.24) is 10.3 Å². The van der Waals surface area contributed by atoms with Crippen LogP contribution in [0.5, 0.6) is 11.5 Å². The number of hydrogen-bond acceptors (Lipinski definition) is 4. The largest absolute Gasteiger partial charge is 0.493 e. The molecule has 1 aromatic carbocycles. The summed E-state index contributed by atoms with van der Waals surface area (Å²) < 4.78 is 11.0. The molecule has 1 N–H and O–H groups in total. The van der Waals surface area contributed by atoms with Crippen LogP contribution in [0.2, 0.25) is 0 Å². The Kier molecular flexibility index (Phi) is 3.80. The summed E-state index contributed by atoms with van der Waals surface area (Å²) in [4.78, 5) is 4.18. The molecule has 2 heterocycles. The molecule has 0 radical (unpaired) electrons. The van der Waals surface area contributed by atoms with E-state index < -0.39 is 0 Å². The molecule has 1 aliphatic rings. The molecule has 0 saturated carbocycles. The molecule has 0 aliphatic carbocycles. The first kappa shape index (κ1) is 13.9. The third-order valence-corrected chi connectivity index (χ3v) is 4.09. The molecule has 4 heteroatoms. The van der Waals surface area contributed by atoms with E-state index in [1.807, 2.05) is 18.5 Å². The van der Waals surface area contributed by atoms with Gasteiger partial charge in [0.15, 0.2) is 11.5 Å². The van der Waals surface area contributed by atoms with Gasteiger partial charge in [0, 0.05) is 24.5 Å². The number of benzene rings is 1. The van der Waals surface area contributed by atoms with Gasteiger partial charge in [-0.2, -0.15) is 0 Å². The lowest BCUT2D eigenvalue weighted by Gasteiger charge is -2.30. The minimum atomic E-state index is 0.177. The summed E-state index contributed by atoms with van der Waals surface area (Å²) in [6, 6.07) is 6.37. The second-order valence-electron chi connectivity index (χ2n) is 5.24. The van der Waals surface area contributed by atoms with Gasteiger partial charge in [-0.15, -0.1) is 0 Å². The first-order valence-corrected chi connectivity index (χ1v) is 7.14. The minimum Gasteiger partial charge on any atom is -0.493 e. The number of rotatable bonds is 3. The quantitative estimate of drug-likeness (QED) is 0.941. The summed E-state index contributed by atoms with van der Waals surface area (Å²) >= 11 is 0. The van der Waals surface area contributed by atoms with Crippen LogP contribution in [-0.2, 0) is 6.42 Å². The van der Waals surface area contributed by atoms with Crippen LogP contribution in [0, 0.1) is 6.92 Å². The highest BCUT2D eigenvalue weighted by atomic mass is 16.5. The van der Waals surface area contributed by atoms with Crippen molar-refractivity contribution in [3.05, 3.63) is 52.8 Å². The molecule has 0 amide bonds. The fourth-order valence-electron chi connectivity index (χ4n) is 3.07. The second kappa shape index (κ2) is 5.74. The first-order chi connectivity index (χ1) is 10.3. The Bertz CT molecular complexity index is 655. The van der Waals surface area contributed by atoms with Crippen molar-refractivity contribution in [1.29, 1.82) is 0 Å². The van der Waals surface area contributed by atoms with Crippen LogP contribution < -0.4 is 14.8 Å². The number of fused-ring (bicyclic) bond motifs is 1. The molecule has 0 fully saturated rings. The maximum atomic E-state index is 5.58. The number of nitrogens with one attached hydrogen (secondary N) is 1. The van der Waals surface area contributed by atoms with Gasteiger partial charge in [0.1, 0.15) is 0 Å². The number of ether oxygens (including phenoxy) is 2. The van der Waals surface area contributed by atoms with Gasteiger partial charge in [-0.3, -0.25) is 4.98 Å². The Labute approximate surface area is 125 Å². The number of hydrogen-bond donors (Lipinski definition) is 1. The van der Waals surface area contributed by atoms with Crippen LogP contribution in [0.15, 0.2) is 30.6 Å². The Morgan fingerprint density at radius 3 is 2.71 bits per heavy atom. The lowest BCUT2D eigenvalue weighted by Crippen LogP contribution is -2.31. The number of pyridine rings is 1. The van der Waals surface area contributed by atoms with Crippen molar-refractivity contribution >= 4 is 0 Å². The van der Waals surface area contributed by atoms with Crippen LogP contribution >= 0.6 is 0 Å². The lowest BCUT2D eigenvalue weighted by atomic mass is 9.88. The summed E-state index contributed by atoms with van der Waals surface area (Å²) in [5, 5.41) is 3.60. The topological polar surface area (TPSA) is 43.4 Å². The predicted molar refractivity (Wildman–Crippen MR) is 82.1 cm³/mol. The van der Waals surface area contributed by atoms with Gasteiger partial charge in [-0.25, -0.2) is 0 Å². The van der Waals surface area contributed by atoms with E-state index in [9.17, 15) is 0 Å². The molecule has 21 heavy (non-hydrogen) atoms. The van der Waals surface area contributed by atoms with Crippen molar-refractivity contribution < 1.29 is 9.47 Å². The summed E-state index contributed by atoms with van der Waals surface area (Å²) in [5.41, 5.74) is 4.95. The maximum absolute atomic E-state index is 5.58. The van der Waals surface area contributed by atoms with Gasteiger partial charge in [0.05, 0.1) is 20.3 Å². The third-order valence-electron chi connectivity index (χ3n) is 4.09. The molecule has 0 spiro atoms. The molecule has 3 rings (SSSR count). The predicted octanol–water partition coefficient (Wildman–Crippen LogP) is 2.64. The van der Waals surface area contributed by atoms with Crippen LogP contribution in [0.3, 0.4) is 0 Å². The van der Waals surface area contributed by atoms with Crippen LogP contribution in [0.1, 0.15) is 28.3 Å². The monoisotopic (exact) mass is 284 g/mol. The van der Waals surface area contributed by atoms with Gasteiger partial charge in [0.2, 0.25) is 0 Å². The van der Waals surface area contributed by atoms with E-state index >= 15 is 0 Å². The van der Waals surface area contributed by atoms with Gasteiger partial charge >= 0.3 is 0 Å². The maximum Gasteiger partial charge on any atom is 0.164 e. The molecule has 1 atom stereocenters. The molecule has 0 bridgehead atoms. The highest BCUT2D eigenvalue weighted by Crippen LogP contribution is 2.40. The smallest absolute Gasteiger partial charge is 0.164 e. The summed E-state index contributed by atoms with van der Waals surface area (Å²) in [7, 11) is 3.38. The Morgan fingerprint density at radius 2 is 2.00 bits per heavy atom. The highest BCUT2D eigenvalue weighted by Gasteiger charge is 2.26. The van der Waals surface area contributed by atoms with Crippen molar-refractivity contribution in [2.45, 2.75) is 19.4 Å². The van der Waals surface area contributed by atoms with Crippen LogP contribution in [-0.4, -0.2) is 25.7 Å². The van der Waals surface area contributed by atoms with Crippen molar-refractivity contribution in [3.8, 4) is 11.5 Å². The molecule has 110 valence electrons. The van der Waals surface area contributed by atoms with Crippen molar-refractivity contribution in [3.63, 3.8) is 0 Å². The van der Waals surface area contributed by atoms with Gasteiger partial charge < -0.3 is 14.8 Å². The Balaban J connectivity index is 2.13. The highest BCUT2D eigenvalue weighted by molar-refractivity contribution is 5.55. The van der Waals surface area contributed by atoms with E-state index in [0.717, 1.165) is 24.5 Å². The summed E-state index contributed by atoms with van der Waals surface area (Å²) in [6.07, 6.45) is 4.70.